The maximum atomic E-state index is 11.5. The van der Waals surface area contributed by atoms with Gasteiger partial charge in [0.2, 0.25) is 11.8 Å². The average molecular weight is 566 g/mol. The smallest absolute Gasteiger partial charge is 0.293 e. The van der Waals surface area contributed by atoms with Crippen molar-refractivity contribution in [2.45, 2.75) is 63.7 Å². The van der Waals surface area contributed by atoms with E-state index in [4.69, 9.17) is 24.2 Å². The van der Waals surface area contributed by atoms with Crippen molar-refractivity contribution in [1.82, 2.24) is 44.7 Å². The molecule has 0 aromatic carbocycles. The van der Waals surface area contributed by atoms with Crippen LogP contribution in [0.1, 0.15) is 50.5 Å². The minimum atomic E-state index is -1.06. The molecule has 0 spiro atoms. The lowest BCUT2D eigenvalue weighted by Gasteiger charge is -2.21. The molecule has 5 heterocycles. The lowest BCUT2D eigenvalue weighted by atomic mass is 10.1. The third-order valence-electron chi connectivity index (χ3n) is 6.81. The molecule has 5 rings (SSSR count). The Morgan fingerprint density at radius 1 is 1.10 bits per heavy atom. The Labute approximate surface area is 234 Å². The van der Waals surface area contributed by atoms with E-state index >= 15 is 0 Å². The van der Waals surface area contributed by atoms with E-state index in [0.717, 1.165) is 18.5 Å². The molecule has 1 aliphatic heterocycles. The molecule has 16 heteroatoms. The van der Waals surface area contributed by atoms with E-state index in [1.807, 2.05) is 18.2 Å². The number of fused-ring (bicyclic) bond motifs is 1. The molecule has 0 radical (unpaired) electrons. The number of nitrogens with zero attached hydrogens (tertiary/aromatic N) is 9. The van der Waals surface area contributed by atoms with Gasteiger partial charge in [-0.1, -0.05) is 19.9 Å². The number of rotatable bonds is 14. The summed E-state index contributed by atoms with van der Waals surface area (Å²) in [4.78, 5) is 42.6. The van der Waals surface area contributed by atoms with Gasteiger partial charge in [0.1, 0.15) is 0 Å². The first-order valence-electron chi connectivity index (χ1n) is 13.3. The fraction of sp³-hybridized carbons (Fsp3) is 0.480. The minimum absolute atomic E-state index is 0.158. The Kier molecular flexibility index (Phi) is 8.57. The van der Waals surface area contributed by atoms with Crippen LogP contribution in [0.5, 0.6) is 0 Å². The van der Waals surface area contributed by atoms with Crippen LogP contribution in [-0.4, -0.2) is 82.4 Å². The van der Waals surface area contributed by atoms with Crippen LogP contribution in [0.3, 0.4) is 0 Å². The van der Waals surface area contributed by atoms with Crippen LogP contribution in [0.15, 0.2) is 30.7 Å². The standard InChI is InChI=1S/C25H31N11O5/c1-4-15(5-2)29-21-17-23(31-25(30-21)27-11-9-16-8-6-7-10-26-16)36(12-28-17)24-20(40-14-38)18(39-13-37)19(41-24)22-32-34-35(3)33-22/h6-8,10,12-15,18-20,24H,4-5,9,11H2,1-3H3,(H2,27,29,30,31)/t18-,19-,20+,24+/m0/s1. The lowest BCUT2D eigenvalue weighted by Crippen LogP contribution is -2.34. The number of carbonyl (C=O) groups excluding carboxylic acids is 2. The maximum absolute atomic E-state index is 11.5. The van der Waals surface area contributed by atoms with Crippen molar-refractivity contribution in [2.24, 2.45) is 7.05 Å². The van der Waals surface area contributed by atoms with Gasteiger partial charge in [-0.05, 0) is 30.2 Å². The summed E-state index contributed by atoms with van der Waals surface area (Å²) in [5, 5.41) is 18.8. The summed E-state index contributed by atoms with van der Waals surface area (Å²) >= 11 is 0. The SMILES string of the molecule is CCC(CC)Nc1nc(NCCc2ccccn2)nc2c1ncn2[C@@H]1O[C@H](c2nnn(C)n2)[C@H](OC=O)[C@H]1OC=O. The van der Waals surface area contributed by atoms with Crippen LogP contribution in [0.25, 0.3) is 11.2 Å². The first-order chi connectivity index (χ1) is 20.1. The number of hydrogen-bond acceptors (Lipinski definition) is 14. The van der Waals surface area contributed by atoms with Crippen molar-refractivity contribution >= 4 is 35.9 Å². The highest BCUT2D eigenvalue weighted by molar-refractivity contribution is 5.84. The Morgan fingerprint density at radius 2 is 1.90 bits per heavy atom. The zero-order valence-electron chi connectivity index (χ0n) is 22.8. The van der Waals surface area contributed by atoms with Gasteiger partial charge in [0.05, 0.1) is 13.4 Å². The second kappa shape index (κ2) is 12.6. The van der Waals surface area contributed by atoms with E-state index in [1.165, 1.54) is 11.1 Å². The number of pyridine rings is 1. The third-order valence-corrected chi connectivity index (χ3v) is 6.81. The molecule has 1 saturated heterocycles. The van der Waals surface area contributed by atoms with Gasteiger partial charge in [0.25, 0.3) is 12.9 Å². The van der Waals surface area contributed by atoms with Crippen LogP contribution < -0.4 is 10.6 Å². The Hall–Kier alpha value is -4.73. The van der Waals surface area contributed by atoms with E-state index in [2.05, 4.69) is 49.9 Å². The van der Waals surface area contributed by atoms with E-state index in [0.29, 0.717) is 35.9 Å². The van der Waals surface area contributed by atoms with Gasteiger partial charge in [0.15, 0.2) is 41.5 Å². The molecule has 0 aliphatic carbocycles. The van der Waals surface area contributed by atoms with E-state index in [-0.39, 0.29) is 24.8 Å². The lowest BCUT2D eigenvalue weighted by molar-refractivity contribution is -0.151. The first kappa shape index (κ1) is 27.8. The van der Waals surface area contributed by atoms with Gasteiger partial charge < -0.3 is 24.8 Å². The Balaban J connectivity index is 1.52. The third kappa shape index (κ3) is 5.91. The molecule has 2 N–H and O–H groups in total. The molecule has 1 aliphatic rings. The molecule has 1 fully saturated rings. The minimum Gasteiger partial charge on any atom is -0.457 e. The summed E-state index contributed by atoms with van der Waals surface area (Å²) in [6, 6.07) is 5.91. The molecule has 16 nitrogen and oxygen atoms in total. The summed E-state index contributed by atoms with van der Waals surface area (Å²) in [7, 11) is 1.59. The summed E-state index contributed by atoms with van der Waals surface area (Å²) in [5.74, 6) is 1.07. The van der Waals surface area contributed by atoms with Crippen molar-refractivity contribution in [3.8, 4) is 0 Å². The zero-order valence-corrected chi connectivity index (χ0v) is 22.8. The second-order valence-corrected chi connectivity index (χ2v) is 9.35. The first-order valence-corrected chi connectivity index (χ1v) is 13.3. The fourth-order valence-electron chi connectivity index (χ4n) is 4.72. The van der Waals surface area contributed by atoms with Crippen molar-refractivity contribution in [3.63, 3.8) is 0 Å². The van der Waals surface area contributed by atoms with Crippen LogP contribution in [0, 0.1) is 0 Å². The van der Waals surface area contributed by atoms with Crippen LogP contribution >= 0.6 is 0 Å². The molecular weight excluding hydrogens is 534 g/mol. The van der Waals surface area contributed by atoms with Crippen LogP contribution in [0.4, 0.5) is 11.8 Å². The summed E-state index contributed by atoms with van der Waals surface area (Å²) < 4.78 is 18.6. The predicted octanol–water partition coefficient (Wildman–Crippen LogP) is 1.35. The molecule has 41 heavy (non-hydrogen) atoms. The number of hydrogen-bond donors (Lipinski definition) is 2. The topological polar surface area (TPSA) is 186 Å². The van der Waals surface area contributed by atoms with E-state index in [1.54, 1.807) is 17.8 Å². The van der Waals surface area contributed by atoms with Crippen molar-refractivity contribution in [1.29, 1.82) is 0 Å². The average Bonchev–Trinajstić information content (AvgIpc) is 3.70. The quantitative estimate of drug-likeness (QED) is 0.209. The zero-order chi connectivity index (χ0) is 28.8. The summed E-state index contributed by atoms with van der Waals surface area (Å²) in [6.07, 6.45) is 1.62. The molecule has 0 amide bonds. The van der Waals surface area contributed by atoms with Crippen LogP contribution in [0.2, 0.25) is 0 Å². The van der Waals surface area contributed by atoms with Gasteiger partial charge in [0, 0.05) is 30.9 Å². The molecular formula is C25H31N11O5. The van der Waals surface area contributed by atoms with Crippen molar-refractivity contribution in [2.75, 3.05) is 17.2 Å². The van der Waals surface area contributed by atoms with Gasteiger partial charge in [-0.2, -0.15) is 14.8 Å². The molecule has 216 valence electrons. The maximum Gasteiger partial charge on any atom is 0.293 e. The normalized spacial score (nSPS) is 20.3. The summed E-state index contributed by atoms with van der Waals surface area (Å²) in [5.41, 5.74) is 1.84. The Morgan fingerprint density at radius 3 is 2.59 bits per heavy atom. The van der Waals surface area contributed by atoms with Crippen molar-refractivity contribution < 1.29 is 23.8 Å². The number of tetrazole rings is 1. The monoisotopic (exact) mass is 565 g/mol. The molecule has 0 unspecified atom stereocenters. The summed E-state index contributed by atoms with van der Waals surface area (Å²) in [6.45, 7) is 5.24. The highest BCUT2D eigenvalue weighted by Crippen LogP contribution is 2.42. The fourth-order valence-corrected chi connectivity index (χ4v) is 4.72. The molecule has 4 atom stereocenters. The number of aryl methyl sites for hydroxylation is 1. The largest absolute Gasteiger partial charge is 0.457 e. The van der Waals surface area contributed by atoms with Gasteiger partial charge in [-0.25, -0.2) is 4.98 Å². The highest BCUT2D eigenvalue weighted by Gasteiger charge is 2.52. The van der Waals surface area contributed by atoms with Gasteiger partial charge >= 0.3 is 0 Å². The second-order valence-electron chi connectivity index (χ2n) is 9.35. The molecule has 4 aromatic rings. The van der Waals surface area contributed by atoms with Crippen LogP contribution in [-0.2, 0) is 37.3 Å². The van der Waals surface area contributed by atoms with Gasteiger partial charge in [-0.15, -0.1) is 10.2 Å². The highest BCUT2D eigenvalue weighted by atomic mass is 16.6. The molecule has 0 saturated carbocycles. The van der Waals surface area contributed by atoms with Gasteiger partial charge in [-0.3, -0.25) is 19.1 Å². The number of anilines is 2. The van der Waals surface area contributed by atoms with E-state index in [9.17, 15) is 9.59 Å². The number of ether oxygens (including phenoxy) is 3. The number of imidazole rings is 1. The number of aromatic nitrogens is 9. The van der Waals surface area contributed by atoms with Crippen molar-refractivity contribution in [3.05, 3.63) is 42.2 Å². The molecule has 4 aromatic heterocycles. The number of carbonyl (C=O) groups is 2. The van der Waals surface area contributed by atoms with E-state index < -0.39 is 24.5 Å². The Bertz CT molecular complexity index is 1460. The molecule has 0 bridgehead atoms. The number of nitrogens with one attached hydrogen (secondary N) is 2. The predicted molar refractivity (Wildman–Crippen MR) is 143 cm³/mol.